The molecule has 0 aliphatic carbocycles. The summed E-state index contributed by atoms with van der Waals surface area (Å²) < 4.78 is 2.00. The average molecular weight is 361 g/mol. The van der Waals surface area contributed by atoms with Gasteiger partial charge >= 0.3 is 6.03 Å². The molecule has 0 unspecified atom stereocenters. The number of aryl methyl sites for hydroxylation is 1. The lowest BCUT2D eigenvalue weighted by Gasteiger charge is -2.31. The highest BCUT2D eigenvalue weighted by Crippen LogP contribution is 2.20. The summed E-state index contributed by atoms with van der Waals surface area (Å²) in [6, 6.07) is 3.71. The minimum absolute atomic E-state index is 0.000896. The van der Waals surface area contributed by atoms with Crippen LogP contribution in [0.5, 0.6) is 0 Å². The van der Waals surface area contributed by atoms with E-state index in [1.54, 1.807) is 17.4 Å². The van der Waals surface area contributed by atoms with Crippen LogP contribution in [0.1, 0.15) is 19.3 Å². The van der Waals surface area contributed by atoms with Gasteiger partial charge in [-0.05, 0) is 36.8 Å². The quantitative estimate of drug-likeness (QED) is 0.776. The van der Waals surface area contributed by atoms with Crippen LogP contribution in [-0.4, -0.2) is 46.0 Å². The van der Waals surface area contributed by atoms with E-state index in [1.807, 2.05) is 28.3 Å². The molecule has 2 aromatic rings. The summed E-state index contributed by atoms with van der Waals surface area (Å²) >= 11 is 1.50. The molecule has 2 N–H and O–H groups in total. The van der Waals surface area contributed by atoms with Crippen molar-refractivity contribution < 1.29 is 9.59 Å². The number of hydrogen-bond donors (Lipinski definition) is 2. The highest BCUT2D eigenvalue weighted by atomic mass is 32.1. The number of carbonyl (C=O) groups excluding carboxylic acids is 2. The van der Waals surface area contributed by atoms with E-state index in [2.05, 4.69) is 15.6 Å². The smallest absolute Gasteiger partial charge is 0.322 e. The summed E-state index contributed by atoms with van der Waals surface area (Å²) in [7, 11) is 0. The van der Waals surface area contributed by atoms with Gasteiger partial charge in [0.1, 0.15) is 0 Å². The van der Waals surface area contributed by atoms with Gasteiger partial charge in [-0.1, -0.05) is 0 Å². The Bertz CT molecular complexity index is 663. The second kappa shape index (κ2) is 8.66. The highest BCUT2D eigenvalue weighted by Gasteiger charge is 2.27. The van der Waals surface area contributed by atoms with E-state index in [4.69, 9.17) is 0 Å². The first kappa shape index (κ1) is 17.5. The van der Waals surface area contributed by atoms with Crippen LogP contribution in [0.25, 0.3) is 0 Å². The molecule has 1 aliphatic heterocycles. The molecule has 2 aromatic heterocycles. The summed E-state index contributed by atoms with van der Waals surface area (Å²) in [5, 5.41) is 8.67. The number of carbonyl (C=O) groups is 2. The number of likely N-dealkylation sites (tertiary alicyclic amines) is 1. The molecule has 0 aromatic carbocycles. The van der Waals surface area contributed by atoms with Crippen molar-refractivity contribution in [1.29, 1.82) is 0 Å². The number of thiophene rings is 1. The van der Waals surface area contributed by atoms with Gasteiger partial charge in [0.05, 0.1) is 11.3 Å². The molecule has 1 aliphatic rings. The number of nitrogens with zero attached hydrogens (tertiary/aromatic N) is 3. The van der Waals surface area contributed by atoms with Crippen molar-refractivity contribution in [3.8, 4) is 0 Å². The van der Waals surface area contributed by atoms with E-state index in [0.29, 0.717) is 32.5 Å². The van der Waals surface area contributed by atoms with Crippen LogP contribution in [0.2, 0.25) is 0 Å². The molecule has 25 heavy (non-hydrogen) atoms. The Morgan fingerprint density at radius 3 is 2.84 bits per heavy atom. The Kier molecular flexibility index (Phi) is 6.05. The summed E-state index contributed by atoms with van der Waals surface area (Å²) in [4.78, 5) is 30.2. The van der Waals surface area contributed by atoms with Gasteiger partial charge in [-0.2, -0.15) is 0 Å². The maximum atomic E-state index is 12.2. The van der Waals surface area contributed by atoms with E-state index in [9.17, 15) is 9.59 Å². The van der Waals surface area contributed by atoms with Gasteiger partial charge in [-0.25, -0.2) is 9.78 Å². The third kappa shape index (κ3) is 5.06. The molecule has 0 spiro atoms. The fourth-order valence-electron chi connectivity index (χ4n) is 2.92. The Morgan fingerprint density at radius 1 is 1.32 bits per heavy atom. The summed E-state index contributed by atoms with van der Waals surface area (Å²) in [6.07, 6.45) is 7.75. The second-order valence-electron chi connectivity index (χ2n) is 6.11. The first-order valence-corrected chi connectivity index (χ1v) is 9.43. The molecule has 0 saturated carbocycles. The van der Waals surface area contributed by atoms with E-state index in [1.165, 1.54) is 11.3 Å². The number of imidazole rings is 1. The molecular weight excluding hydrogens is 338 g/mol. The van der Waals surface area contributed by atoms with Gasteiger partial charge in [0.25, 0.3) is 0 Å². The molecule has 0 radical (unpaired) electrons. The van der Waals surface area contributed by atoms with Crippen LogP contribution < -0.4 is 10.6 Å². The van der Waals surface area contributed by atoms with Crippen molar-refractivity contribution in [2.75, 3.05) is 25.0 Å². The van der Waals surface area contributed by atoms with E-state index in [-0.39, 0.29) is 17.9 Å². The lowest BCUT2D eigenvalue weighted by molar-refractivity contribution is -0.126. The van der Waals surface area contributed by atoms with Crippen LogP contribution in [0, 0.1) is 5.92 Å². The topological polar surface area (TPSA) is 79.3 Å². The minimum atomic E-state index is -0.0818. The Balaban J connectivity index is 1.33. The second-order valence-corrected chi connectivity index (χ2v) is 7.06. The first-order chi connectivity index (χ1) is 12.2. The predicted octanol–water partition coefficient (Wildman–Crippen LogP) is 2.39. The molecule has 7 nitrogen and oxygen atoms in total. The van der Waals surface area contributed by atoms with Crippen LogP contribution in [0.15, 0.2) is 36.2 Å². The Labute approximate surface area is 151 Å². The highest BCUT2D eigenvalue weighted by molar-refractivity contribution is 7.14. The number of aromatic nitrogens is 2. The largest absolute Gasteiger partial charge is 0.356 e. The molecule has 3 amide bonds. The van der Waals surface area contributed by atoms with Crippen LogP contribution in [0.4, 0.5) is 9.80 Å². The van der Waals surface area contributed by atoms with Crippen molar-refractivity contribution in [3.05, 3.63) is 36.2 Å². The van der Waals surface area contributed by atoms with Crippen LogP contribution >= 0.6 is 11.3 Å². The zero-order valence-corrected chi connectivity index (χ0v) is 14.9. The summed E-state index contributed by atoms with van der Waals surface area (Å²) in [5.41, 5.74) is 0. The van der Waals surface area contributed by atoms with E-state index >= 15 is 0 Å². The van der Waals surface area contributed by atoms with Crippen molar-refractivity contribution in [2.45, 2.75) is 25.8 Å². The van der Waals surface area contributed by atoms with Crippen LogP contribution in [-0.2, 0) is 11.3 Å². The number of hydrogen-bond acceptors (Lipinski definition) is 4. The predicted molar refractivity (Wildman–Crippen MR) is 97.5 cm³/mol. The van der Waals surface area contributed by atoms with Crippen LogP contribution in [0.3, 0.4) is 0 Å². The normalized spacial score (nSPS) is 15.1. The molecule has 134 valence electrons. The Morgan fingerprint density at radius 2 is 2.16 bits per heavy atom. The summed E-state index contributed by atoms with van der Waals surface area (Å²) in [5.74, 6) is 0.1000. The summed E-state index contributed by atoms with van der Waals surface area (Å²) in [6.45, 7) is 2.74. The lowest BCUT2D eigenvalue weighted by atomic mass is 9.96. The Hall–Kier alpha value is -2.35. The molecule has 0 atom stereocenters. The number of nitrogens with one attached hydrogen (secondary N) is 2. The molecule has 1 saturated heterocycles. The van der Waals surface area contributed by atoms with Crippen molar-refractivity contribution in [2.24, 2.45) is 5.92 Å². The first-order valence-electron chi connectivity index (χ1n) is 8.55. The number of urea groups is 1. The average Bonchev–Trinajstić information content (AvgIpc) is 3.32. The van der Waals surface area contributed by atoms with Gasteiger partial charge < -0.3 is 14.8 Å². The standard InChI is InChI=1S/C17H23N5O2S/c23-16(19-6-2-8-21-11-7-18-13-21)14-4-9-22(10-5-14)17(24)20-15-3-1-12-25-15/h1,3,7,11-14H,2,4-6,8-10H2,(H,19,23)(H,20,24). The maximum Gasteiger partial charge on any atom is 0.322 e. The number of anilines is 1. The number of rotatable bonds is 6. The molecular formula is C17H23N5O2S. The van der Waals surface area contributed by atoms with E-state index in [0.717, 1.165) is 18.0 Å². The van der Waals surface area contributed by atoms with Crippen molar-refractivity contribution in [3.63, 3.8) is 0 Å². The molecule has 1 fully saturated rings. The fourth-order valence-corrected chi connectivity index (χ4v) is 3.52. The third-order valence-electron chi connectivity index (χ3n) is 4.36. The van der Waals surface area contributed by atoms with Gasteiger partial charge in [-0.15, -0.1) is 11.3 Å². The maximum absolute atomic E-state index is 12.2. The monoisotopic (exact) mass is 361 g/mol. The third-order valence-corrected chi connectivity index (χ3v) is 5.14. The van der Waals surface area contributed by atoms with Crippen molar-refractivity contribution in [1.82, 2.24) is 19.8 Å². The molecule has 8 heteroatoms. The van der Waals surface area contributed by atoms with E-state index < -0.39 is 0 Å². The fraction of sp³-hybridized carbons (Fsp3) is 0.471. The van der Waals surface area contributed by atoms with Gasteiger partial charge in [0.2, 0.25) is 5.91 Å². The van der Waals surface area contributed by atoms with Gasteiger partial charge in [0.15, 0.2) is 0 Å². The molecule has 3 heterocycles. The molecule has 0 bridgehead atoms. The molecule has 3 rings (SSSR count). The van der Waals surface area contributed by atoms with Gasteiger partial charge in [-0.3, -0.25) is 10.1 Å². The minimum Gasteiger partial charge on any atom is -0.356 e. The van der Waals surface area contributed by atoms with Gasteiger partial charge in [0, 0.05) is 44.5 Å². The number of amides is 3. The zero-order valence-electron chi connectivity index (χ0n) is 14.1. The zero-order chi connectivity index (χ0) is 17.5. The number of piperidine rings is 1. The SMILES string of the molecule is O=C(NCCCn1ccnc1)C1CCN(C(=O)Nc2cccs2)CC1. The lowest BCUT2D eigenvalue weighted by Crippen LogP contribution is -2.44. The van der Waals surface area contributed by atoms with Crippen molar-refractivity contribution >= 4 is 28.3 Å².